The van der Waals surface area contributed by atoms with Gasteiger partial charge in [-0.3, -0.25) is 4.79 Å². The highest BCUT2D eigenvalue weighted by Crippen LogP contribution is 2.70. The Labute approximate surface area is 165 Å². The van der Waals surface area contributed by atoms with E-state index in [0.717, 1.165) is 0 Å². The summed E-state index contributed by atoms with van der Waals surface area (Å²) in [6.07, 6.45) is 0. The van der Waals surface area contributed by atoms with Crippen molar-refractivity contribution in [3.05, 3.63) is 65.7 Å². The molecular formula is C23H27NO4. The molecule has 2 aliphatic heterocycles. The van der Waals surface area contributed by atoms with E-state index >= 15 is 0 Å². The number of hydrogen-bond donors (Lipinski definition) is 1. The lowest BCUT2D eigenvalue weighted by molar-refractivity contribution is -0.603. The molecule has 2 aliphatic rings. The van der Waals surface area contributed by atoms with Crippen molar-refractivity contribution >= 4 is 5.91 Å². The van der Waals surface area contributed by atoms with Crippen molar-refractivity contribution in [3.8, 4) is 5.75 Å². The summed E-state index contributed by atoms with van der Waals surface area (Å²) in [6.45, 7) is 11.0. The van der Waals surface area contributed by atoms with Crippen molar-refractivity contribution in [1.82, 2.24) is 4.90 Å². The van der Waals surface area contributed by atoms with Crippen LogP contribution in [-0.2, 0) is 15.5 Å². The van der Waals surface area contributed by atoms with Crippen LogP contribution < -0.4 is 0 Å². The normalized spacial score (nSPS) is 28.5. The second kappa shape index (κ2) is 5.82. The molecule has 0 radical (unpaired) electrons. The molecule has 148 valence electrons. The number of likely N-dealkylation sites (tertiary alicyclic amines) is 1. The molecule has 2 unspecified atom stereocenters. The van der Waals surface area contributed by atoms with E-state index in [1.165, 1.54) is 0 Å². The van der Waals surface area contributed by atoms with Crippen LogP contribution in [0.4, 0.5) is 0 Å². The SMILES string of the molecule is CC(C)(C)C12OOC1(c1cccc(O)c1)N(C(=O)c1ccccc1)CC2(C)C. The van der Waals surface area contributed by atoms with Gasteiger partial charge in [0.05, 0.1) is 0 Å². The van der Waals surface area contributed by atoms with Gasteiger partial charge in [0.1, 0.15) is 5.75 Å². The number of hydrogen-bond acceptors (Lipinski definition) is 4. The smallest absolute Gasteiger partial charge is 0.256 e. The number of carbonyl (C=O) groups excluding carboxylic acids is 1. The maximum Gasteiger partial charge on any atom is 0.256 e. The van der Waals surface area contributed by atoms with E-state index in [1.807, 2.05) is 36.4 Å². The summed E-state index contributed by atoms with van der Waals surface area (Å²) in [5, 5.41) is 10.2. The molecule has 2 aromatic rings. The topological polar surface area (TPSA) is 59.0 Å². The van der Waals surface area contributed by atoms with Gasteiger partial charge in [-0.05, 0) is 24.3 Å². The van der Waals surface area contributed by atoms with Crippen molar-refractivity contribution in [1.29, 1.82) is 0 Å². The molecule has 0 spiro atoms. The van der Waals surface area contributed by atoms with Crippen molar-refractivity contribution in [3.63, 3.8) is 0 Å². The lowest BCUT2D eigenvalue weighted by atomic mass is 9.57. The summed E-state index contributed by atoms with van der Waals surface area (Å²) in [4.78, 5) is 27.2. The molecule has 0 saturated carbocycles. The summed E-state index contributed by atoms with van der Waals surface area (Å²) in [5.74, 6) is 0.00782. The van der Waals surface area contributed by atoms with Crippen LogP contribution >= 0.6 is 0 Å². The van der Waals surface area contributed by atoms with Crippen LogP contribution in [0.25, 0.3) is 0 Å². The van der Waals surface area contributed by atoms with Gasteiger partial charge in [0.25, 0.3) is 5.91 Å². The average molecular weight is 381 g/mol. The molecule has 0 aromatic heterocycles. The van der Waals surface area contributed by atoms with Gasteiger partial charge in [0.2, 0.25) is 5.72 Å². The Balaban J connectivity index is 1.96. The number of benzene rings is 2. The summed E-state index contributed by atoms with van der Waals surface area (Å²) < 4.78 is 0. The highest BCUT2D eigenvalue weighted by atomic mass is 17.3. The van der Waals surface area contributed by atoms with Crippen molar-refractivity contribution in [2.24, 2.45) is 10.8 Å². The Hall–Kier alpha value is -2.37. The molecule has 2 fully saturated rings. The molecule has 0 aliphatic carbocycles. The zero-order valence-corrected chi connectivity index (χ0v) is 17.0. The molecule has 0 bridgehead atoms. The Morgan fingerprint density at radius 3 is 2.25 bits per heavy atom. The number of carbonyl (C=O) groups is 1. The minimum atomic E-state index is -1.12. The fourth-order valence-corrected chi connectivity index (χ4v) is 5.35. The van der Waals surface area contributed by atoms with Crippen LogP contribution in [0.1, 0.15) is 50.5 Å². The highest BCUT2D eigenvalue weighted by Gasteiger charge is 2.83. The molecule has 1 amide bonds. The number of aromatic hydroxyl groups is 1. The number of phenolic OH excluding ortho intramolecular Hbond substituents is 1. The molecule has 2 heterocycles. The molecule has 4 rings (SSSR count). The monoisotopic (exact) mass is 381 g/mol. The first-order chi connectivity index (χ1) is 13.1. The zero-order valence-electron chi connectivity index (χ0n) is 17.0. The Kier molecular flexibility index (Phi) is 3.94. The van der Waals surface area contributed by atoms with Gasteiger partial charge in [0.15, 0.2) is 5.60 Å². The molecule has 5 nitrogen and oxygen atoms in total. The van der Waals surface area contributed by atoms with E-state index in [9.17, 15) is 9.90 Å². The first-order valence-electron chi connectivity index (χ1n) is 9.60. The van der Waals surface area contributed by atoms with E-state index in [2.05, 4.69) is 34.6 Å². The maximum atomic E-state index is 13.6. The number of rotatable bonds is 2. The van der Waals surface area contributed by atoms with E-state index in [1.54, 1.807) is 23.1 Å². The molecule has 28 heavy (non-hydrogen) atoms. The third-order valence-electron chi connectivity index (χ3n) is 6.21. The summed E-state index contributed by atoms with van der Waals surface area (Å²) in [6, 6.07) is 16.1. The van der Waals surface area contributed by atoms with Gasteiger partial charge in [0, 0.05) is 28.5 Å². The van der Waals surface area contributed by atoms with E-state index in [0.29, 0.717) is 17.7 Å². The van der Waals surface area contributed by atoms with Crippen LogP contribution in [0.5, 0.6) is 5.75 Å². The van der Waals surface area contributed by atoms with Gasteiger partial charge >= 0.3 is 0 Å². The predicted octanol–water partition coefficient (Wildman–Crippen LogP) is 4.47. The first-order valence-corrected chi connectivity index (χ1v) is 9.60. The number of fused-ring (bicyclic) bond motifs is 1. The minimum absolute atomic E-state index is 0.119. The standard InChI is InChI=1S/C23H27NO4/c1-20(2,3)23-21(4,5)15-24(19(26)16-10-7-6-8-11-16)22(23,27-28-23)17-12-9-13-18(25)14-17/h6-14,25H,15H2,1-5H3. The second-order valence-corrected chi connectivity index (χ2v) is 9.43. The largest absolute Gasteiger partial charge is 0.508 e. The predicted molar refractivity (Wildman–Crippen MR) is 105 cm³/mol. The van der Waals surface area contributed by atoms with E-state index < -0.39 is 11.3 Å². The van der Waals surface area contributed by atoms with Crippen molar-refractivity contribution < 1.29 is 19.7 Å². The Morgan fingerprint density at radius 2 is 1.71 bits per heavy atom. The summed E-state index contributed by atoms with van der Waals surface area (Å²) >= 11 is 0. The second-order valence-electron chi connectivity index (χ2n) is 9.43. The fraction of sp³-hybridized carbons (Fsp3) is 0.435. The Bertz CT molecular complexity index is 918. The van der Waals surface area contributed by atoms with Crippen LogP contribution in [0.3, 0.4) is 0 Å². The summed E-state index contributed by atoms with van der Waals surface area (Å²) in [5.41, 5.74) is -1.33. The fourth-order valence-electron chi connectivity index (χ4n) is 5.35. The number of nitrogens with zero attached hydrogens (tertiary/aromatic N) is 1. The molecular weight excluding hydrogens is 354 g/mol. The Morgan fingerprint density at radius 1 is 1.04 bits per heavy atom. The van der Waals surface area contributed by atoms with E-state index in [-0.39, 0.29) is 22.5 Å². The molecule has 5 heteroatoms. The molecule has 2 aromatic carbocycles. The van der Waals surface area contributed by atoms with Crippen molar-refractivity contribution in [2.45, 2.75) is 45.9 Å². The van der Waals surface area contributed by atoms with Gasteiger partial charge in [-0.25, -0.2) is 4.89 Å². The zero-order chi connectivity index (χ0) is 20.4. The number of amides is 1. The van der Waals surface area contributed by atoms with Gasteiger partial charge < -0.3 is 10.0 Å². The quantitative estimate of drug-likeness (QED) is 0.780. The summed E-state index contributed by atoms with van der Waals surface area (Å²) in [7, 11) is 0. The minimum Gasteiger partial charge on any atom is -0.508 e. The van der Waals surface area contributed by atoms with Gasteiger partial charge in [-0.15, -0.1) is 0 Å². The third-order valence-corrected chi connectivity index (χ3v) is 6.21. The van der Waals surface area contributed by atoms with Crippen molar-refractivity contribution in [2.75, 3.05) is 6.54 Å². The van der Waals surface area contributed by atoms with E-state index in [4.69, 9.17) is 9.78 Å². The van der Waals surface area contributed by atoms with Gasteiger partial charge in [-0.1, -0.05) is 65.0 Å². The molecule has 2 atom stereocenters. The lowest BCUT2D eigenvalue weighted by Gasteiger charge is -2.63. The van der Waals surface area contributed by atoms with Crippen LogP contribution in [0, 0.1) is 10.8 Å². The van der Waals surface area contributed by atoms with Crippen LogP contribution in [-0.4, -0.2) is 28.1 Å². The van der Waals surface area contributed by atoms with Crippen LogP contribution in [0.2, 0.25) is 0 Å². The third kappa shape index (κ3) is 2.17. The highest BCUT2D eigenvalue weighted by molar-refractivity contribution is 5.95. The van der Waals surface area contributed by atoms with Crippen LogP contribution in [0.15, 0.2) is 54.6 Å². The van der Waals surface area contributed by atoms with Gasteiger partial charge in [-0.2, -0.15) is 4.89 Å². The first kappa shape index (κ1) is 19.0. The molecule has 1 N–H and O–H groups in total. The number of phenols is 1. The lowest BCUT2D eigenvalue weighted by Crippen LogP contribution is -2.75. The maximum absolute atomic E-state index is 13.6. The molecule has 2 saturated heterocycles. The average Bonchev–Trinajstić information content (AvgIpc) is 2.73.